The molecule has 2 aliphatic rings. The van der Waals surface area contributed by atoms with Crippen LogP contribution in [0.25, 0.3) is 0 Å². The van der Waals surface area contributed by atoms with Crippen molar-refractivity contribution in [2.24, 2.45) is 11.8 Å². The zero-order valence-corrected chi connectivity index (χ0v) is 13.2. The molecule has 4 nitrogen and oxygen atoms in total. The van der Waals surface area contributed by atoms with E-state index in [0.29, 0.717) is 24.2 Å². The molecule has 0 N–H and O–H groups in total. The fourth-order valence-corrected chi connectivity index (χ4v) is 3.28. The normalized spacial score (nSPS) is 25.0. The van der Waals surface area contributed by atoms with E-state index in [4.69, 9.17) is 9.47 Å². The highest BCUT2D eigenvalue weighted by Crippen LogP contribution is 2.38. The Hall–Kier alpha value is -0.610. The summed E-state index contributed by atoms with van der Waals surface area (Å²) in [6.07, 6.45) is 5.00. The number of ether oxygens (including phenoxy) is 2. The zero-order valence-electron chi connectivity index (χ0n) is 13.2. The second-order valence-corrected chi connectivity index (χ2v) is 6.85. The molecule has 0 saturated carbocycles. The first-order valence-electron chi connectivity index (χ1n) is 7.95. The minimum absolute atomic E-state index is 0.0376. The summed E-state index contributed by atoms with van der Waals surface area (Å²) in [5.41, 5.74) is -0.0376. The van der Waals surface area contributed by atoms with Gasteiger partial charge in [0.25, 0.3) is 0 Å². The highest BCUT2D eigenvalue weighted by molar-refractivity contribution is 5.77. The molecule has 0 aliphatic carbocycles. The number of carbonyl (C=O) groups excluding carboxylic acids is 1. The molecule has 2 saturated heterocycles. The molecule has 20 heavy (non-hydrogen) atoms. The molecule has 1 spiro atoms. The largest absolute Gasteiger partial charge is 0.385 e. The highest BCUT2D eigenvalue weighted by Gasteiger charge is 2.48. The quantitative estimate of drug-likeness (QED) is 0.751. The van der Waals surface area contributed by atoms with Crippen LogP contribution in [-0.4, -0.2) is 49.8 Å². The van der Waals surface area contributed by atoms with E-state index in [9.17, 15) is 4.79 Å². The molecule has 116 valence electrons. The Morgan fingerprint density at radius 1 is 1.45 bits per heavy atom. The van der Waals surface area contributed by atoms with Crippen LogP contribution in [-0.2, 0) is 14.3 Å². The fraction of sp³-hybridized carbons (Fsp3) is 0.938. The van der Waals surface area contributed by atoms with Gasteiger partial charge in [0.15, 0.2) is 0 Å². The molecule has 1 atom stereocenters. The SMILES string of the molecule is COCC[C@H]1CCOC2(C1)CN(C(=O)CCC(C)C)C2. The summed E-state index contributed by atoms with van der Waals surface area (Å²) in [6, 6.07) is 0. The van der Waals surface area contributed by atoms with E-state index in [-0.39, 0.29) is 5.60 Å². The van der Waals surface area contributed by atoms with Gasteiger partial charge in [0.2, 0.25) is 5.91 Å². The molecule has 2 aliphatic heterocycles. The van der Waals surface area contributed by atoms with Crippen LogP contribution in [0.1, 0.15) is 46.0 Å². The van der Waals surface area contributed by atoms with Gasteiger partial charge in [0.05, 0.1) is 13.1 Å². The summed E-state index contributed by atoms with van der Waals surface area (Å²) >= 11 is 0. The minimum Gasteiger partial charge on any atom is -0.385 e. The van der Waals surface area contributed by atoms with Crippen LogP contribution in [0.15, 0.2) is 0 Å². The molecular weight excluding hydrogens is 254 g/mol. The van der Waals surface area contributed by atoms with Gasteiger partial charge >= 0.3 is 0 Å². The lowest BCUT2D eigenvalue weighted by molar-refractivity contribution is -0.189. The van der Waals surface area contributed by atoms with Crippen molar-refractivity contribution in [3.63, 3.8) is 0 Å². The van der Waals surface area contributed by atoms with E-state index < -0.39 is 0 Å². The van der Waals surface area contributed by atoms with Gasteiger partial charge in [-0.2, -0.15) is 0 Å². The molecule has 0 unspecified atom stereocenters. The van der Waals surface area contributed by atoms with Crippen LogP contribution in [0.2, 0.25) is 0 Å². The fourth-order valence-electron chi connectivity index (χ4n) is 3.28. The number of hydrogen-bond donors (Lipinski definition) is 0. The number of hydrogen-bond acceptors (Lipinski definition) is 3. The third kappa shape index (κ3) is 3.95. The topological polar surface area (TPSA) is 38.8 Å². The van der Waals surface area contributed by atoms with Gasteiger partial charge < -0.3 is 14.4 Å². The highest BCUT2D eigenvalue weighted by atomic mass is 16.5. The van der Waals surface area contributed by atoms with E-state index in [1.54, 1.807) is 7.11 Å². The maximum absolute atomic E-state index is 12.1. The van der Waals surface area contributed by atoms with Gasteiger partial charge in [-0.3, -0.25) is 4.79 Å². The van der Waals surface area contributed by atoms with Crippen molar-refractivity contribution in [3.8, 4) is 0 Å². The summed E-state index contributed by atoms with van der Waals surface area (Å²) in [4.78, 5) is 14.0. The first kappa shape index (κ1) is 15.8. The van der Waals surface area contributed by atoms with Gasteiger partial charge in [-0.15, -0.1) is 0 Å². The number of methoxy groups -OCH3 is 1. The maximum Gasteiger partial charge on any atom is 0.222 e. The maximum atomic E-state index is 12.1. The summed E-state index contributed by atoms with van der Waals surface area (Å²) in [6.45, 7) is 7.59. The Bertz CT molecular complexity index is 324. The zero-order chi connectivity index (χ0) is 14.6. The van der Waals surface area contributed by atoms with Crippen LogP contribution >= 0.6 is 0 Å². The average molecular weight is 283 g/mol. The molecule has 0 bridgehead atoms. The molecule has 1 amide bonds. The van der Waals surface area contributed by atoms with E-state index in [0.717, 1.165) is 52.0 Å². The predicted molar refractivity (Wildman–Crippen MR) is 78.6 cm³/mol. The Kier molecular flexibility index (Phi) is 5.44. The lowest BCUT2D eigenvalue weighted by Crippen LogP contribution is -2.66. The van der Waals surface area contributed by atoms with Crippen LogP contribution in [0.4, 0.5) is 0 Å². The van der Waals surface area contributed by atoms with Crippen LogP contribution in [0, 0.1) is 11.8 Å². The monoisotopic (exact) mass is 283 g/mol. The van der Waals surface area contributed by atoms with E-state index in [2.05, 4.69) is 13.8 Å². The van der Waals surface area contributed by atoms with Gasteiger partial charge in [-0.25, -0.2) is 0 Å². The number of amides is 1. The van der Waals surface area contributed by atoms with Crippen molar-refractivity contribution in [3.05, 3.63) is 0 Å². The van der Waals surface area contributed by atoms with Crippen LogP contribution < -0.4 is 0 Å². The second kappa shape index (κ2) is 6.90. The van der Waals surface area contributed by atoms with Crippen LogP contribution in [0.3, 0.4) is 0 Å². The predicted octanol–water partition coefficient (Wildman–Crippen LogP) is 2.47. The van der Waals surface area contributed by atoms with Gasteiger partial charge in [-0.1, -0.05) is 13.8 Å². The number of nitrogens with zero attached hydrogens (tertiary/aromatic N) is 1. The number of carbonyl (C=O) groups is 1. The Morgan fingerprint density at radius 2 is 2.20 bits per heavy atom. The Labute approximate surface area is 122 Å². The van der Waals surface area contributed by atoms with E-state index in [1.807, 2.05) is 4.90 Å². The Balaban J connectivity index is 1.74. The summed E-state index contributed by atoms with van der Waals surface area (Å²) in [7, 11) is 1.76. The molecule has 0 aromatic heterocycles. The van der Waals surface area contributed by atoms with Crippen molar-refractivity contribution >= 4 is 5.91 Å². The summed E-state index contributed by atoms with van der Waals surface area (Å²) < 4.78 is 11.2. The van der Waals surface area contributed by atoms with Crippen molar-refractivity contribution in [1.82, 2.24) is 4.90 Å². The van der Waals surface area contributed by atoms with Crippen molar-refractivity contribution in [2.75, 3.05) is 33.4 Å². The van der Waals surface area contributed by atoms with Gasteiger partial charge in [-0.05, 0) is 37.5 Å². The molecule has 2 heterocycles. The number of likely N-dealkylation sites (tertiary alicyclic amines) is 1. The molecule has 0 aromatic rings. The van der Waals surface area contributed by atoms with Crippen molar-refractivity contribution < 1.29 is 14.3 Å². The molecular formula is C16H29NO3. The second-order valence-electron chi connectivity index (χ2n) is 6.85. The van der Waals surface area contributed by atoms with Crippen molar-refractivity contribution in [2.45, 2.75) is 51.6 Å². The van der Waals surface area contributed by atoms with Gasteiger partial charge in [0.1, 0.15) is 5.60 Å². The summed E-state index contributed by atoms with van der Waals surface area (Å²) in [5.74, 6) is 1.59. The van der Waals surface area contributed by atoms with Crippen molar-refractivity contribution in [1.29, 1.82) is 0 Å². The standard InChI is InChI=1S/C16H29NO3/c1-13(2)4-5-15(18)17-11-16(12-17)10-14(6-8-19-3)7-9-20-16/h13-14H,4-12H2,1-3H3/t14-/m0/s1. The molecule has 4 heteroatoms. The smallest absolute Gasteiger partial charge is 0.222 e. The average Bonchev–Trinajstić information content (AvgIpc) is 2.40. The Morgan fingerprint density at radius 3 is 2.85 bits per heavy atom. The third-order valence-corrected chi connectivity index (χ3v) is 4.57. The lowest BCUT2D eigenvalue weighted by Gasteiger charge is -2.53. The molecule has 2 fully saturated rings. The molecule has 2 rings (SSSR count). The molecule has 0 radical (unpaired) electrons. The summed E-state index contributed by atoms with van der Waals surface area (Å²) in [5, 5.41) is 0. The minimum atomic E-state index is -0.0376. The van der Waals surface area contributed by atoms with E-state index in [1.165, 1.54) is 0 Å². The third-order valence-electron chi connectivity index (χ3n) is 4.57. The van der Waals surface area contributed by atoms with Gasteiger partial charge in [0, 0.05) is 26.7 Å². The molecule has 0 aromatic carbocycles. The first-order chi connectivity index (χ1) is 9.54. The number of rotatable bonds is 6. The van der Waals surface area contributed by atoms with E-state index >= 15 is 0 Å². The lowest BCUT2D eigenvalue weighted by atomic mass is 9.79. The first-order valence-corrected chi connectivity index (χ1v) is 7.95. The van der Waals surface area contributed by atoms with Crippen LogP contribution in [0.5, 0.6) is 0 Å².